The Morgan fingerprint density at radius 1 is 1.20 bits per heavy atom. The second-order valence-corrected chi connectivity index (χ2v) is 0. The van der Waals surface area contributed by atoms with Crippen LogP contribution < -0.4 is 0 Å². The Kier molecular flexibility index (Phi) is 193. The second kappa shape index (κ2) is 25.4. The molecular formula is H8AlDyMgScSi. The summed E-state index contributed by atoms with van der Waals surface area (Å²) in [6.45, 7) is 0. The number of rotatable bonds is 0. The molecule has 0 heterocycles. The fourth-order valence-electron chi connectivity index (χ4n) is 0. The van der Waals surface area contributed by atoms with Crippen LogP contribution in [0.3, 0.4) is 0 Å². The van der Waals surface area contributed by atoms with Crippen LogP contribution in [-0.4, -0.2) is 51.4 Å². The van der Waals surface area contributed by atoms with Crippen molar-refractivity contribution in [2.75, 3.05) is 0 Å². The van der Waals surface area contributed by atoms with Crippen molar-refractivity contribution in [2.24, 2.45) is 0 Å². The van der Waals surface area contributed by atoms with E-state index in [0.717, 1.165) is 0 Å². The van der Waals surface area contributed by atoms with Crippen LogP contribution in [-0.2, 0) is 25.8 Å². The molecule has 0 aromatic rings. The van der Waals surface area contributed by atoms with Crippen LogP contribution in [0.4, 0.5) is 0 Å². The summed E-state index contributed by atoms with van der Waals surface area (Å²) in [4.78, 5) is 0. The summed E-state index contributed by atoms with van der Waals surface area (Å²) in [7, 11) is 0. The van der Waals surface area contributed by atoms with Gasteiger partial charge in [0.15, 0.2) is 17.4 Å². The Bertz CT molecular complexity index is 17.7. The third-order valence-electron chi connectivity index (χ3n) is 0. The fourth-order valence-corrected chi connectivity index (χ4v) is 0. The SMILES string of the molecule is [AlH3].[Dy].[H-].[H-].[Mg+2].[Sc].[SiH3]. The summed E-state index contributed by atoms with van der Waals surface area (Å²) in [6, 6.07) is 0. The van der Waals surface area contributed by atoms with E-state index >= 15 is 0 Å². The fraction of sp³-hybridized carbons (Fsp3) is 0. The molecule has 0 N–H and O–H groups in total. The molecule has 0 spiro atoms. The van der Waals surface area contributed by atoms with Gasteiger partial charge in [-0.25, -0.2) is 0 Å². The molecular weight excluding hydrogens is 287 g/mol. The molecule has 5 heavy (non-hydrogen) atoms. The van der Waals surface area contributed by atoms with Gasteiger partial charge in [0.1, 0.15) is 0 Å². The van der Waals surface area contributed by atoms with E-state index in [2.05, 4.69) is 0 Å². The van der Waals surface area contributed by atoms with E-state index in [0.29, 0.717) is 0 Å². The van der Waals surface area contributed by atoms with Crippen molar-refractivity contribution in [2.45, 2.75) is 0 Å². The van der Waals surface area contributed by atoms with E-state index in [4.69, 9.17) is 0 Å². The summed E-state index contributed by atoms with van der Waals surface area (Å²) >= 11 is 0. The Balaban J connectivity index is 0. The van der Waals surface area contributed by atoms with E-state index in [1.807, 2.05) is 0 Å². The molecule has 0 aromatic carbocycles. The zero-order valence-electron chi connectivity index (χ0n) is 4.60. The molecule has 0 aliphatic rings. The van der Waals surface area contributed by atoms with Gasteiger partial charge in [-0.3, -0.25) is 0 Å². The molecule has 2 radical (unpaired) electrons. The van der Waals surface area contributed by atoms with Crippen molar-refractivity contribution >= 4 is 51.4 Å². The third-order valence-corrected chi connectivity index (χ3v) is 0. The van der Waals surface area contributed by atoms with Crippen LogP contribution >= 0.6 is 0 Å². The maximum atomic E-state index is 0. The molecule has 0 saturated carbocycles. The quantitative estimate of drug-likeness (QED) is 0.433. The number of hydrogen-bond donors (Lipinski definition) is 0. The Hall–Kier alpha value is 3.66. The van der Waals surface area contributed by atoms with Crippen molar-refractivity contribution < 1.29 is 66.9 Å². The Morgan fingerprint density at radius 2 is 1.20 bits per heavy atom. The topological polar surface area (TPSA) is 0 Å². The van der Waals surface area contributed by atoms with Crippen LogP contribution in [0.25, 0.3) is 0 Å². The first kappa shape index (κ1) is 37.9. The van der Waals surface area contributed by atoms with Gasteiger partial charge < -0.3 is 2.85 Å². The zero-order chi connectivity index (χ0) is 0. The molecule has 30 valence electrons. The van der Waals surface area contributed by atoms with Crippen molar-refractivity contribution in [3.8, 4) is 0 Å². The zero-order valence-corrected chi connectivity index (χ0v) is 9.85. The number of hydrogen-bond acceptors (Lipinski definition) is 0. The Morgan fingerprint density at radius 3 is 1.20 bits per heavy atom. The van der Waals surface area contributed by atoms with Crippen LogP contribution in [0, 0.1) is 38.2 Å². The third kappa shape index (κ3) is 18.3. The molecule has 0 rings (SSSR count). The van der Waals surface area contributed by atoms with E-state index in [-0.39, 0.29) is 118 Å². The largest absolute Gasteiger partial charge is 2.00 e. The standard InChI is InChI=1S/Al.Dy.Mg.Sc.H3Si.5H/h;;;;1H3;;;;;/q;;+2;;;;;;2*-1. The van der Waals surface area contributed by atoms with Gasteiger partial charge in [0.05, 0.1) is 0 Å². The molecule has 0 aliphatic carbocycles. The minimum absolute atomic E-state index is 0. The predicted octanol–water partition coefficient (Wildman–Crippen LogP) is -2.53. The molecule has 0 fully saturated rings. The van der Waals surface area contributed by atoms with Gasteiger partial charge in [-0.15, -0.1) is 0 Å². The van der Waals surface area contributed by atoms with E-state index in [9.17, 15) is 0 Å². The molecule has 0 bridgehead atoms. The van der Waals surface area contributed by atoms with Gasteiger partial charge in [0.25, 0.3) is 0 Å². The van der Waals surface area contributed by atoms with Gasteiger partial charge >= 0.3 is 23.1 Å². The average Bonchev–Trinajstić information content (AvgIpc) is 0. The molecule has 5 heteroatoms. The van der Waals surface area contributed by atoms with Crippen molar-refractivity contribution in [3.63, 3.8) is 0 Å². The van der Waals surface area contributed by atoms with Crippen LogP contribution in [0.15, 0.2) is 0 Å². The molecule has 0 amide bonds. The first-order valence-corrected chi connectivity index (χ1v) is 0. The summed E-state index contributed by atoms with van der Waals surface area (Å²) in [5.74, 6) is 0. The Labute approximate surface area is 116 Å². The van der Waals surface area contributed by atoms with Gasteiger partial charge in [-0.05, 0) is 11.0 Å². The summed E-state index contributed by atoms with van der Waals surface area (Å²) < 4.78 is 0. The van der Waals surface area contributed by atoms with Gasteiger partial charge in [-0.1, -0.05) is 0 Å². The maximum Gasteiger partial charge on any atom is 2.00 e. The van der Waals surface area contributed by atoms with Crippen molar-refractivity contribution in [1.29, 1.82) is 0 Å². The molecule has 0 aliphatic heterocycles. The van der Waals surface area contributed by atoms with E-state index in [1.54, 1.807) is 0 Å². The first-order valence-electron chi connectivity index (χ1n) is 0. The first-order chi connectivity index (χ1) is 0. The van der Waals surface area contributed by atoms with Crippen LogP contribution in [0.5, 0.6) is 0 Å². The average molecular weight is 295 g/mol. The minimum atomic E-state index is 0. The summed E-state index contributed by atoms with van der Waals surface area (Å²) in [5, 5.41) is 0. The van der Waals surface area contributed by atoms with Crippen molar-refractivity contribution in [1.82, 2.24) is 0 Å². The van der Waals surface area contributed by atoms with Crippen molar-refractivity contribution in [3.05, 3.63) is 0 Å². The smallest absolute Gasteiger partial charge is 1.00 e. The molecule has 0 nitrogen and oxygen atoms in total. The summed E-state index contributed by atoms with van der Waals surface area (Å²) in [6.07, 6.45) is 0. The van der Waals surface area contributed by atoms with E-state index < -0.39 is 0 Å². The monoisotopic (exact) mass is 296 g/mol. The predicted molar refractivity (Wildman–Crippen MR) is 27.9 cm³/mol. The van der Waals surface area contributed by atoms with Crippen LogP contribution in [0.1, 0.15) is 2.85 Å². The summed E-state index contributed by atoms with van der Waals surface area (Å²) in [5.41, 5.74) is 0. The molecule has 0 aromatic heterocycles. The van der Waals surface area contributed by atoms with Gasteiger partial charge in [0.2, 0.25) is 0 Å². The van der Waals surface area contributed by atoms with Gasteiger partial charge in [-0.2, -0.15) is 0 Å². The van der Waals surface area contributed by atoms with Gasteiger partial charge in [0, 0.05) is 64.0 Å². The minimum Gasteiger partial charge on any atom is -1.00 e. The van der Waals surface area contributed by atoms with Crippen LogP contribution in [0.2, 0.25) is 0 Å². The van der Waals surface area contributed by atoms with E-state index in [1.165, 1.54) is 0 Å². The molecule has 0 unspecified atom stereocenters. The normalized spacial score (nSPS) is 0. The molecule has 0 atom stereocenters. The molecule has 0 saturated heterocycles. The second-order valence-electron chi connectivity index (χ2n) is 0. The maximum absolute atomic E-state index is 0.